The van der Waals surface area contributed by atoms with E-state index in [9.17, 15) is 4.79 Å². The van der Waals surface area contributed by atoms with Crippen molar-refractivity contribution < 1.29 is 4.79 Å². The maximum absolute atomic E-state index is 11.2. The molecule has 150 valence electrons. The van der Waals surface area contributed by atoms with E-state index < -0.39 is 0 Å². The molecule has 0 aliphatic carbocycles. The summed E-state index contributed by atoms with van der Waals surface area (Å²) in [6.07, 6.45) is 5.14. The molecule has 26 heavy (non-hydrogen) atoms. The predicted molar refractivity (Wildman–Crippen MR) is 108 cm³/mol. The van der Waals surface area contributed by atoms with Crippen LogP contribution in [0.3, 0.4) is 0 Å². The third-order valence-electron chi connectivity index (χ3n) is 5.48. The van der Waals surface area contributed by atoms with E-state index in [1.54, 1.807) is 0 Å². The Balaban J connectivity index is 1.81. The van der Waals surface area contributed by atoms with Crippen LogP contribution in [0.1, 0.15) is 52.9 Å². The van der Waals surface area contributed by atoms with Gasteiger partial charge in [0.25, 0.3) is 0 Å². The normalized spacial score (nSPS) is 28.2. The van der Waals surface area contributed by atoms with Crippen LogP contribution in [-0.2, 0) is 4.79 Å². The van der Waals surface area contributed by atoms with Gasteiger partial charge in [-0.15, -0.1) is 0 Å². The average molecular weight is 366 g/mol. The van der Waals surface area contributed by atoms with Gasteiger partial charge < -0.3 is 20.9 Å². The van der Waals surface area contributed by atoms with E-state index >= 15 is 0 Å². The topological polar surface area (TPSA) is 74.0 Å². The zero-order valence-electron chi connectivity index (χ0n) is 17.0. The predicted octanol–water partition coefficient (Wildman–Crippen LogP) is 1.91. The van der Waals surface area contributed by atoms with Crippen LogP contribution in [0, 0.1) is 17.8 Å². The number of guanidine groups is 1. The molecule has 0 radical (unpaired) electrons. The molecule has 2 aliphatic heterocycles. The highest BCUT2D eigenvalue weighted by Crippen LogP contribution is 2.21. The highest BCUT2D eigenvalue weighted by Gasteiger charge is 2.24. The molecule has 6 nitrogen and oxygen atoms in total. The lowest BCUT2D eigenvalue weighted by molar-refractivity contribution is -0.119. The van der Waals surface area contributed by atoms with Crippen LogP contribution in [-0.4, -0.2) is 67.5 Å². The molecule has 2 aliphatic rings. The van der Waals surface area contributed by atoms with E-state index in [2.05, 4.69) is 35.9 Å². The number of nitrogens with one attached hydrogen (secondary N) is 1. The Bertz CT molecular complexity index is 457. The van der Waals surface area contributed by atoms with Gasteiger partial charge in [-0.3, -0.25) is 9.79 Å². The SMILES string of the molecule is CCNC(=NCCCN1CC(C)CC(C)C1)N1CCCC(CC(N)=O)C1. The molecule has 3 N–H and O–H groups in total. The fourth-order valence-corrected chi connectivity index (χ4v) is 4.59. The first kappa shape index (κ1) is 21.0. The highest BCUT2D eigenvalue weighted by atomic mass is 16.1. The third-order valence-corrected chi connectivity index (χ3v) is 5.48. The zero-order valence-corrected chi connectivity index (χ0v) is 17.0. The quantitative estimate of drug-likeness (QED) is 0.411. The molecule has 0 aromatic carbocycles. The van der Waals surface area contributed by atoms with E-state index in [-0.39, 0.29) is 5.91 Å². The minimum absolute atomic E-state index is 0.191. The molecular weight excluding hydrogens is 326 g/mol. The Kier molecular flexibility index (Phi) is 8.69. The number of primary amides is 1. The first-order valence-corrected chi connectivity index (χ1v) is 10.5. The van der Waals surface area contributed by atoms with Crippen LogP contribution in [0.2, 0.25) is 0 Å². The Labute approximate surface area is 159 Å². The molecule has 0 spiro atoms. The summed E-state index contributed by atoms with van der Waals surface area (Å²) >= 11 is 0. The molecule has 1 amide bonds. The summed E-state index contributed by atoms with van der Waals surface area (Å²) in [6.45, 7) is 14.1. The van der Waals surface area contributed by atoms with Gasteiger partial charge in [0.2, 0.25) is 5.91 Å². The van der Waals surface area contributed by atoms with Crippen molar-refractivity contribution in [3.8, 4) is 0 Å². The molecule has 3 unspecified atom stereocenters. The van der Waals surface area contributed by atoms with Crippen LogP contribution in [0.25, 0.3) is 0 Å². The first-order chi connectivity index (χ1) is 12.5. The van der Waals surface area contributed by atoms with Crippen molar-refractivity contribution >= 4 is 11.9 Å². The van der Waals surface area contributed by atoms with Crippen molar-refractivity contribution in [2.24, 2.45) is 28.5 Å². The van der Waals surface area contributed by atoms with Gasteiger partial charge in [0, 0.05) is 45.7 Å². The Hall–Kier alpha value is -1.30. The molecule has 2 heterocycles. The molecule has 2 fully saturated rings. The van der Waals surface area contributed by atoms with Crippen LogP contribution >= 0.6 is 0 Å². The fraction of sp³-hybridized carbons (Fsp3) is 0.900. The summed E-state index contributed by atoms with van der Waals surface area (Å²) in [4.78, 5) is 21.0. The Morgan fingerprint density at radius 1 is 1.23 bits per heavy atom. The third kappa shape index (κ3) is 7.14. The Morgan fingerprint density at radius 2 is 1.96 bits per heavy atom. The first-order valence-electron chi connectivity index (χ1n) is 10.5. The molecule has 0 saturated carbocycles. The van der Waals surface area contributed by atoms with E-state index in [0.29, 0.717) is 12.3 Å². The number of rotatable bonds is 7. The van der Waals surface area contributed by atoms with Crippen molar-refractivity contribution in [2.75, 3.05) is 45.8 Å². The summed E-state index contributed by atoms with van der Waals surface area (Å²) < 4.78 is 0. The number of carbonyl (C=O) groups is 1. The van der Waals surface area contributed by atoms with Gasteiger partial charge in [0.15, 0.2) is 5.96 Å². The van der Waals surface area contributed by atoms with Gasteiger partial charge in [-0.25, -0.2) is 0 Å². The summed E-state index contributed by atoms with van der Waals surface area (Å²) in [5.41, 5.74) is 5.38. The van der Waals surface area contributed by atoms with E-state index in [0.717, 1.165) is 69.8 Å². The summed E-state index contributed by atoms with van der Waals surface area (Å²) in [6, 6.07) is 0. The molecule has 0 aromatic rings. The van der Waals surface area contributed by atoms with Gasteiger partial charge in [0.1, 0.15) is 0 Å². The fourth-order valence-electron chi connectivity index (χ4n) is 4.59. The molecule has 0 aromatic heterocycles. The average Bonchev–Trinajstić information content (AvgIpc) is 2.56. The standard InChI is InChI=1S/C20H39N5O/c1-4-22-20(25-10-5-7-18(15-25)12-19(21)26)23-8-6-9-24-13-16(2)11-17(3)14-24/h16-18H,4-15H2,1-3H3,(H2,21,26)(H,22,23). The highest BCUT2D eigenvalue weighted by molar-refractivity contribution is 5.80. The number of nitrogens with zero attached hydrogens (tertiary/aromatic N) is 3. The second-order valence-corrected chi connectivity index (χ2v) is 8.42. The van der Waals surface area contributed by atoms with Crippen molar-refractivity contribution in [3.05, 3.63) is 0 Å². The monoisotopic (exact) mass is 365 g/mol. The largest absolute Gasteiger partial charge is 0.370 e. The number of aliphatic imine (C=N–C) groups is 1. The lowest BCUT2D eigenvalue weighted by Crippen LogP contribution is -2.47. The minimum atomic E-state index is -0.191. The maximum Gasteiger partial charge on any atom is 0.217 e. The molecule has 6 heteroatoms. The van der Waals surface area contributed by atoms with Gasteiger partial charge in [-0.05, 0) is 56.9 Å². The minimum Gasteiger partial charge on any atom is -0.370 e. The lowest BCUT2D eigenvalue weighted by atomic mass is 9.92. The van der Waals surface area contributed by atoms with E-state index in [1.807, 2.05) is 0 Å². The van der Waals surface area contributed by atoms with Crippen molar-refractivity contribution in [1.82, 2.24) is 15.1 Å². The maximum atomic E-state index is 11.2. The number of amides is 1. The summed E-state index contributed by atoms with van der Waals surface area (Å²) in [7, 11) is 0. The number of piperidine rings is 2. The van der Waals surface area contributed by atoms with Gasteiger partial charge in [-0.2, -0.15) is 0 Å². The molecular formula is C20H39N5O. The van der Waals surface area contributed by atoms with Crippen molar-refractivity contribution in [1.29, 1.82) is 0 Å². The van der Waals surface area contributed by atoms with Gasteiger partial charge >= 0.3 is 0 Å². The number of carbonyl (C=O) groups excluding carboxylic acids is 1. The van der Waals surface area contributed by atoms with Crippen LogP contribution in [0.4, 0.5) is 0 Å². The number of likely N-dealkylation sites (tertiary alicyclic amines) is 2. The second kappa shape index (κ2) is 10.8. The molecule has 2 saturated heterocycles. The van der Waals surface area contributed by atoms with Crippen LogP contribution in [0.5, 0.6) is 0 Å². The number of nitrogens with two attached hydrogens (primary N) is 1. The second-order valence-electron chi connectivity index (χ2n) is 8.42. The summed E-state index contributed by atoms with van der Waals surface area (Å²) in [5.74, 6) is 2.80. The van der Waals surface area contributed by atoms with Crippen molar-refractivity contribution in [2.45, 2.75) is 52.9 Å². The number of hydrogen-bond donors (Lipinski definition) is 2. The Morgan fingerprint density at radius 3 is 2.62 bits per heavy atom. The zero-order chi connectivity index (χ0) is 18.9. The van der Waals surface area contributed by atoms with E-state index in [4.69, 9.17) is 10.7 Å². The molecule has 3 atom stereocenters. The smallest absolute Gasteiger partial charge is 0.217 e. The van der Waals surface area contributed by atoms with Crippen molar-refractivity contribution in [3.63, 3.8) is 0 Å². The summed E-state index contributed by atoms with van der Waals surface area (Å²) in [5, 5.41) is 3.42. The van der Waals surface area contributed by atoms with Crippen LogP contribution in [0.15, 0.2) is 4.99 Å². The van der Waals surface area contributed by atoms with Crippen LogP contribution < -0.4 is 11.1 Å². The van der Waals surface area contributed by atoms with E-state index in [1.165, 1.54) is 19.5 Å². The van der Waals surface area contributed by atoms with Gasteiger partial charge in [-0.1, -0.05) is 13.8 Å². The molecule has 0 bridgehead atoms. The lowest BCUT2D eigenvalue weighted by Gasteiger charge is -2.35. The van der Waals surface area contributed by atoms with Gasteiger partial charge in [0.05, 0.1) is 0 Å². The molecule has 2 rings (SSSR count). The number of hydrogen-bond acceptors (Lipinski definition) is 3.